The van der Waals surface area contributed by atoms with Crippen molar-refractivity contribution < 1.29 is 14.3 Å². The van der Waals surface area contributed by atoms with Crippen LogP contribution in [-0.4, -0.2) is 46.6 Å². The summed E-state index contributed by atoms with van der Waals surface area (Å²) < 4.78 is 5.61. The molecule has 1 aliphatic rings. The number of hydrogen-bond donors (Lipinski definition) is 4. The van der Waals surface area contributed by atoms with Crippen LogP contribution in [0.2, 0.25) is 0 Å². The van der Waals surface area contributed by atoms with Crippen molar-refractivity contribution >= 4 is 12.2 Å². The molecule has 0 saturated carbocycles. The number of rotatable bonds is 5. The van der Waals surface area contributed by atoms with E-state index in [0.29, 0.717) is 31.0 Å². The highest BCUT2D eigenvalue weighted by atomic mass is 16.4. The van der Waals surface area contributed by atoms with E-state index in [-0.39, 0.29) is 12.0 Å². The van der Waals surface area contributed by atoms with Gasteiger partial charge in [-0.3, -0.25) is 9.89 Å². The fraction of sp³-hybridized carbons (Fsp3) is 0.357. The Balaban J connectivity index is 1.55. The van der Waals surface area contributed by atoms with Gasteiger partial charge in [0.05, 0.1) is 18.2 Å². The first-order valence-corrected chi connectivity index (χ1v) is 7.04. The lowest BCUT2D eigenvalue weighted by atomic mass is 9.96. The van der Waals surface area contributed by atoms with Crippen LogP contribution < -0.4 is 10.7 Å². The molecule has 0 unspecified atom stereocenters. The SMILES string of the molecule is O=C(O)[C@H]1CNC[C@@H](N/N=C/c2ccc(-c3ccn[nH]3)o2)C1. The molecule has 22 heavy (non-hydrogen) atoms. The van der Waals surface area contributed by atoms with Crippen molar-refractivity contribution in [3.8, 4) is 11.5 Å². The summed E-state index contributed by atoms with van der Waals surface area (Å²) in [5.74, 6) is 0.134. The summed E-state index contributed by atoms with van der Waals surface area (Å²) in [6.45, 7) is 1.20. The zero-order valence-electron chi connectivity index (χ0n) is 11.8. The number of nitrogens with zero attached hydrogens (tertiary/aromatic N) is 2. The Kier molecular flexibility index (Phi) is 4.19. The number of aliphatic carboxylic acids is 1. The Hall–Kier alpha value is -2.61. The molecule has 0 amide bonds. The number of aromatic nitrogens is 2. The van der Waals surface area contributed by atoms with Gasteiger partial charge in [0.25, 0.3) is 0 Å². The van der Waals surface area contributed by atoms with Crippen molar-refractivity contribution in [1.29, 1.82) is 0 Å². The van der Waals surface area contributed by atoms with Gasteiger partial charge in [-0.25, -0.2) is 0 Å². The predicted molar refractivity (Wildman–Crippen MR) is 79.4 cm³/mol. The van der Waals surface area contributed by atoms with E-state index in [0.717, 1.165) is 5.69 Å². The summed E-state index contributed by atoms with van der Waals surface area (Å²) in [7, 11) is 0. The molecule has 0 aromatic carbocycles. The monoisotopic (exact) mass is 303 g/mol. The van der Waals surface area contributed by atoms with Crippen molar-refractivity contribution in [3.63, 3.8) is 0 Å². The second-order valence-corrected chi connectivity index (χ2v) is 5.19. The van der Waals surface area contributed by atoms with Gasteiger partial charge in [0, 0.05) is 19.3 Å². The van der Waals surface area contributed by atoms with Crippen LogP contribution in [0.25, 0.3) is 11.5 Å². The number of aromatic amines is 1. The predicted octanol–water partition coefficient (Wildman–Crippen LogP) is 0.656. The van der Waals surface area contributed by atoms with Gasteiger partial charge in [-0.05, 0) is 24.6 Å². The third-order valence-electron chi connectivity index (χ3n) is 3.54. The largest absolute Gasteiger partial charge is 0.481 e. The van der Waals surface area contributed by atoms with E-state index in [1.807, 2.05) is 12.1 Å². The van der Waals surface area contributed by atoms with Gasteiger partial charge in [0.2, 0.25) is 0 Å². The van der Waals surface area contributed by atoms with Crippen molar-refractivity contribution in [2.45, 2.75) is 12.5 Å². The average molecular weight is 303 g/mol. The topological polar surface area (TPSA) is 116 Å². The summed E-state index contributed by atoms with van der Waals surface area (Å²) in [5.41, 5.74) is 3.76. The van der Waals surface area contributed by atoms with Crippen molar-refractivity contribution in [3.05, 3.63) is 30.2 Å². The first kappa shape index (κ1) is 14.3. The highest BCUT2D eigenvalue weighted by Crippen LogP contribution is 2.18. The van der Waals surface area contributed by atoms with E-state index >= 15 is 0 Å². The Labute approximate surface area is 126 Å². The molecule has 2 aromatic rings. The maximum atomic E-state index is 11.0. The number of carboxylic acids is 1. The Bertz CT molecular complexity index is 649. The number of hydrogen-bond acceptors (Lipinski definition) is 6. The van der Waals surface area contributed by atoms with Gasteiger partial charge in [-0.1, -0.05) is 0 Å². The van der Waals surface area contributed by atoms with E-state index < -0.39 is 5.97 Å². The Morgan fingerprint density at radius 2 is 2.36 bits per heavy atom. The molecule has 0 aliphatic carbocycles. The number of H-pyrrole nitrogens is 1. The lowest BCUT2D eigenvalue weighted by Gasteiger charge is -2.26. The molecular weight excluding hydrogens is 286 g/mol. The van der Waals surface area contributed by atoms with Crippen LogP contribution in [0.3, 0.4) is 0 Å². The van der Waals surface area contributed by atoms with E-state index in [9.17, 15) is 4.79 Å². The lowest BCUT2D eigenvalue weighted by Crippen LogP contribution is -2.47. The van der Waals surface area contributed by atoms with Gasteiger partial charge in [-0.15, -0.1) is 0 Å². The molecule has 0 bridgehead atoms. The van der Waals surface area contributed by atoms with E-state index in [1.54, 1.807) is 18.5 Å². The Morgan fingerprint density at radius 3 is 3.14 bits per heavy atom. The van der Waals surface area contributed by atoms with Gasteiger partial charge in [-0.2, -0.15) is 10.2 Å². The fourth-order valence-corrected chi connectivity index (χ4v) is 2.39. The molecule has 0 spiro atoms. The normalized spacial score (nSPS) is 22.0. The summed E-state index contributed by atoms with van der Waals surface area (Å²) in [5, 5.41) is 22.9. The zero-order chi connectivity index (χ0) is 15.4. The highest BCUT2D eigenvalue weighted by Gasteiger charge is 2.26. The minimum Gasteiger partial charge on any atom is -0.481 e. The molecule has 0 radical (unpaired) electrons. The van der Waals surface area contributed by atoms with Crippen LogP contribution >= 0.6 is 0 Å². The van der Waals surface area contributed by atoms with Gasteiger partial charge < -0.3 is 20.3 Å². The standard InChI is InChI=1S/C14H17N5O3/c20-14(21)9-5-10(7-15-6-9)18-17-8-11-1-2-13(22-11)12-3-4-16-19-12/h1-4,8-10,15,18H,5-7H2,(H,16,19)(H,20,21)/b17-8+/t9-,10+/m1/s1. The molecule has 1 saturated heterocycles. The van der Waals surface area contributed by atoms with Crippen LogP contribution in [-0.2, 0) is 4.79 Å². The third kappa shape index (κ3) is 3.34. The quantitative estimate of drug-likeness (QED) is 0.476. The number of carboxylic acid groups (broad SMARTS) is 1. The summed E-state index contributed by atoms with van der Waals surface area (Å²) in [6, 6.07) is 5.45. The second kappa shape index (κ2) is 6.44. The van der Waals surface area contributed by atoms with Crippen molar-refractivity contribution in [1.82, 2.24) is 20.9 Å². The smallest absolute Gasteiger partial charge is 0.307 e. The number of nitrogens with one attached hydrogen (secondary N) is 3. The first-order chi connectivity index (χ1) is 10.7. The molecule has 2 aromatic heterocycles. The number of piperidine rings is 1. The summed E-state index contributed by atoms with van der Waals surface area (Å²) in [4.78, 5) is 11.0. The molecular formula is C14H17N5O3. The molecule has 1 aliphatic heterocycles. The van der Waals surface area contributed by atoms with Crippen LogP contribution in [0.15, 0.2) is 33.9 Å². The molecule has 8 nitrogen and oxygen atoms in total. The highest BCUT2D eigenvalue weighted by molar-refractivity contribution is 5.76. The maximum absolute atomic E-state index is 11.0. The van der Waals surface area contributed by atoms with Gasteiger partial charge in [0.15, 0.2) is 5.76 Å². The van der Waals surface area contributed by atoms with Crippen molar-refractivity contribution in [2.24, 2.45) is 11.0 Å². The second-order valence-electron chi connectivity index (χ2n) is 5.19. The number of hydrazone groups is 1. The molecule has 1 fully saturated rings. The summed E-state index contributed by atoms with van der Waals surface area (Å²) >= 11 is 0. The Morgan fingerprint density at radius 1 is 1.45 bits per heavy atom. The fourth-order valence-electron chi connectivity index (χ4n) is 2.39. The number of carbonyl (C=O) groups is 1. The first-order valence-electron chi connectivity index (χ1n) is 7.04. The van der Waals surface area contributed by atoms with Crippen LogP contribution in [0.4, 0.5) is 0 Å². The average Bonchev–Trinajstić information content (AvgIpc) is 3.18. The lowest BCUT2D eigenvalue weighted by molar-refractivity contribution is -0.142. The van der Waals surface area contributed by atoms with Crippen LogP contribution in [0.1, 0.15) is 12.2 Å². The van der Waals surface area contributed by atoms with Crippen LogP contribution in [0, 0.1) is 5.92 Å². The van der Waals surface area contributed by atoms with E-state index in [2.05, 4.69) is 26.0 Å². The molecule has 2 atom stereocenters. The molecule has 3 rings (SSSR count). The summed E-state index contributed by atoms with van der Waals surface area (Å²) in [6.07, 6.45) is 3.78. The van der Waals surface area contributed by atoms with Gasteiger partial charge >= 0.3 is 5.97 Å². The molecule has 116 valence electrons. The minimum absolute atomic E-state index is 0.00635. The molecule has 4 N–H and O–H groups in total. The van der Waals surface area contributed by atoms with Crippen molar-refractivity contribution in [2.75, 3.05) is 13.1 Å². The van der Waals surface area contributed by atoms with Crippen LogP contribution in [0.5, 0.6) is 0 Å². The zero-order valence-corrected chi connectivity index (χ0v) is 11.8. The maximum Gasteiger partial charge on any atom is 0.307 e. The van der Waals surface area contributed by atoms with Gasteiger partial charge in [0.1, 0.15) is 11.5 Å². The molecule has 8 heteroatoms. The number of furan rings is 1. The minimum atomic E-state index is -0.779. The third-order valence-corrected chi connectivity index (χ3v) is 3.54. The van der Waals surface area contributed by atoms with E-state index in [1.165, 1.54) is 0 Å². The molecule has 3 heterocycles. The van der Waals surface area contributed by atoms with E-state index in [4.69, 9.17) is 9.52 Å².